The predicted octanol–water partition coefficient (Wildman–Crippen LogP) is 28.4. The number of para-hydroxylation sites is 2. The summed E-state index contributed by atoms with van der Waals surface area (Å²) in [7, 11) is 0. The van der Waals surface area contributed by atoms with Gasteiger partial charge in [0.15, 0.2) is 0 Å². The van der Waals surface area contributed by atoms with Gasteiger partial charge in [-0.05, 0) is 188 Å². The first-order valence-electron chi connectivity index (χ1n) is 36.3. The van der Waals surface area contributed by atoms with E-state index in [-0.39, 0.29) is 0 Å². The van der Waals surface area contributed by atoms with Crippen LogP contribution in [0.15, 0.2) is 364 Å². The molecule has 18 aromatic carbocycles. The second-order valence-corrected chi connectivity index (χ2v) is 30.5. The summed E-state index contributed by atoms with van der Waals surface area (Å²) in [5, 5.41) is 25.4. The van der Waals surface area contributed by atoms with Crippen molar-refractivity contribution >= 4 is 193 Å². The second-order valence-electron chi connectivity index (χ2n) is 28.3. The van der Waals surface area contributed by atoms with E-state index in [1.807, 2.05) is 22.7 Å². The van der Waals surface area contributed by atoms with Crippen molar-refractivity contribution in [2.45, 2.75) is 0 Å². The first kappa shape index (κ1) is 59.2. The number of fused-ring (bicyclic) bond motifs is 22. The Bertz CT molecular complexity index is 7840. The lowest BCUT2D eigenvalue weighted by molar-refractivity contribution is 1.19. The number of rotatable bonds is 6. The number of benzene rings is 18. The Balaban J connectivity index is 0.000000129. The molecule has 0 unspecified atom stereocenters. The molecule has 0 bridgehead atoms. The molecule has 6 heterocycles. The highest BCUT2D eigenvalue weighted by molar-refractivity contribution is 7.26. The van der Waals surface area contributed by atoms with Gasteiger partial charge in [-0.3, -0.25) is 0 Å². The van der Waals surface area contributed by atoms with Gasteiger partial charge in [-0.15, -0.1) is 22.7 Å². The van der Waals surface area contributed by atoms with Crippen LogP contribution in [-0.2, 0) is 0 Å². The third-order valence-corrected chi connectivity index (χ3v) is 24.8. The van der Waals surface area contributed by atoms with Gasteiger partial charge in [-0.2, -0.15) is 0 Å². The Kier molecular flexibility index (Phi) is 12.9. The third kappa shape index (κ3) is 8.99. The van der Waals surface area contributed by atoms with E-state index in [4.69, 9.17) is 0 Å². The Hall–Kier alpha value is -13.4. The summed E-state index contributed by atoms with van der Waals surface area (Å²) >= 11 is 3.76. The molecule has 0 aliphatic carbocycles. The van der Waals surface area contributed by atoms with Crippen molar-refractivity contribution in [3.05, 3.63) is 364 Å². The second kappa shape index (κ2) is 23.1. The number of hydrogen-bond donors (Lipinski definition) is 0. The maximum atomic E-state index is 2.47. The molecule has 24 aromatic rings. The summed E-state index contributed by atoms with van der Waals surface area (Å²) in [5.41, 5.74) is 19.4. The van der Waals surface area contributed by atoms with E-state index >= 15 is 0 Å². The van der Waals surface area contributed by atoms with Crippen LogP contribution in [0.2, 0.25) is 0 Å². The Labute approximate surface area is 616 Å². The highest BCUT2D eigenvalue weighted by atomic mass is 32.1. The fourth-order valence-electron chi connectivity index (χ4n) is 17.7. The summed E-state index contributed by atoms with van der Waals surface area (Å²) < 4.78 is 15.1. The fourth-order valence-corrected chi connectivity index (χ4v) is 19.9. The summed E-state index contributed by atoms with van der Waals surface area (Å²) in [6.45, 7) is 0. The molecule has 0 saturated heterocycles. The maximum Gasteiger partial charge on any atom is 0.0555 e. The van der Waals surface area contributed by atoms with Gasteiger partial charge < -0.3 is 18.3 Å². The summed E-state index contributed by atoms with van der Waals surface area (Å²) in [6.07, 6.45) is 0. The van der Waals surface area contributed by atoms with Crippen molar-refractivity contribution in [2.24, 2.45) is 0 Å². The van der Waals surface area contributed by atoms with Gasteiger partial charge in [-0.25, -0.2) is 0 Å². The minimum absolute atomic E-state index is 1.18. The van der Waals surface area contributed by atoms with Crippen LogP contribution in [0.4, 0.5) is 0 Å². The number of thiophene rings is 2. The Morgan fingerprint density at radius 3 is 0.962 bits per heavy atom. The molecule has 0 saturated carbocycles. The summed E-state index contributed by atoms with van der Waals surface area (Å²) in [4.78, 5) is 0. The van der Waals surface area contributed by atoms with Crippen LogP contribution in [-0.4, -0.2) is 18.3 Å². The van der Waals surface area contributed by atoms with Crippen molar-refractivity contribution in [3.63, 3.8) is 0 Å². The van der Waals surface area contributed by atoms with E-state index in [0.29, 0.717) is 0 Å². The van der Waals surface area contributed by atoms with Crippen molar-refractivity contribution in [1.29, 1.82) is 0 Å². The fraction of sp³-hybridized carbons (Fsp3) is 0. The topological polar surface area (TPSA) is 19.7 Å². The quantitative estimate of drug-likeness (QED) is 0.158. The molecule has 492 valence electrons. The molecule has 0 aliphatic heterocycles. The standard InChI is InChI=1S/2C50H30N2S/c1-2-12-33-26-36(23-20-31(33)10-1)51-46-24-21-35(28-41(46)42-30-50-43(29-48(42)51)39-16-6-8-19-49(39)53-50)34-22-25-47-40(27-34)38-15-5-7-17-45(38)52(47)44-18-9-13-32-11-3-4-14-37(32)44;1-2-12-33-26-36(23-20-31(33)10-1)51-46-24-21-35(28-41(46)42-29-43-39-16-6-8-19-49(39)53-50(43)30-48(42)51)34-22-25-47-40(27-34)38-15-5-7-17-45(38)52(47)44-18-9-13-32-11-3-4-14-37(32)44/h2*1-30H. The van der Waals surface area contributed by atoms with E-state index in [0.717, 1.165) is 0 Å². The summed E-state index contributed by atoms with van der Waals surface area (Å²) in [6, 6.07) is 135. The lowest BCUT2D eigenvalue weighted by Crippen LogP contribution is -1.95. The molecule has 106 heavy (non-hydrogen) atoms. The zero-order valence-corrected chi connectivity index (χ0v) is 58.9. The Morgan fingerprint density at radius 2 is 0.481 bits per heavy atom. The largest absolute Gasteiger partial charge is 0.309 e. The van der Waals surface area contributed by atoms with Crippen LogP contribution in [0.3, 0.4) is 0 Å². The molecule has 6 aromatic heterocycles. The van der Waals surface area contributed by atoms with Crippen molar-refractivity contribution in [2.75, 3.05) is 0 Å². The van der Waals surface area contributed by atoms with E-state index in [1.54, 1.807) is 0 Å². The van der Waals surface area contributed by atoms with Crippen LogP contribution in [0.1, 0.15) is 0 Å². The van der Waals surface area contributed by atoms with Gasteiger partial charge in [0.25, 0.3) is 0 Å². The van der Waals surface area contributed by atoms with Crippen molar-refractivity contribution < 1.29 is 0 Å². The lowest BCUT2D eigenvalue weighted by atomic mass is 10.00. The molecule has 0 spiro atoms. The average molecular weight is 1380 g/mol. The lowest BCUT2D eigenvalue weighted by Gasteiger charge is -2.12. The zero-order chi connectivity index (χ0) is 69.2. The van der Waals surface area contributed by atoms with Crippen LogP contribution in [0.25, 0.3) is 216 Å². The molecule has 0 fully saturated rings. The first-order chi connectivity index (χ1) is 52.5. The van der Waals surface area contributed by atoms with E-state index in [9.17, 15) is 0 Å². The molecular weight excluding hydrogens is 1320 g/mol. The highest BCUT2D eigenvalue weighted by Crippen LogP contribution is 2.47. The Morgan fingerprint density at radius 1 is 0.151 bits per heavy atom. The predicted molar refractivity (Wildman–Crippen MR) is 457 cm³/mol. The molecule has 0 N–H and O–H groups in total. The minimum Gasteiger partial charge on any atom is -0.309 e. The molecule has 4 nitrogen and oxygen atoms in total. The van der Waals surface area contributed by atoms with Gasteiger partial charge in [0, 0.05) is 106 Å². The monoisotopic (exact) mass is 1380 g/mol. The van der Waals surface area contributed by atoms with Gasteiger partial charge in [0.05, 0.1) is 55.5 Å². The van der Waals surface area contributed by atoms with Crippen molar-refractivity contribution in [3.8, 4) is 45.0 Å². The molecule has 0 radical (unpaired) electrons. The number of aromatic nitrogens is 4. The van der Waals surface area contributed by atoms with Crippen LogP contribution < -0.4 is 0 Å². The number of nitrogens with zero attached hydrogens (tertiary/aromatic N) is 4. The minimum atomic E-state index is 1.18. The van der Waals surface area contributed by atoms with E-state index < -0.39 is 0 Å². The average Bonchev–Trinajstić information content (AvgIpc) is 1.58. The normalized spacial score (nSPS) is 12.2. The molecule has 0 amide bonds. The van der Waals surface area contributed by atoms with Gasteiger partial charge in [-0.1, -0.05) is 231 Å². The van der Waals surface area contributed by atoms with Crippen molar-refractivity contribution in [1.82, 2.24) is 18.3 Å². The van der Waals surface area contributed by atoms with Gasteiger partial charge in [0.1, 0.15) is 0 Å². The molecule has 0 aliphatic rings. The summed E-state index contributed by atoms with van der Waals surface area (Å²) in [5.74, 6) is 0. The first-order valence-corrected chi connectivity index (χ1v) is 38.0. The number of hydrogen-bond acceptors (Lipinski definition) is 2. The molecule has 6 heteroatoms. The maximum absolute atomic E-state index is 2.47. The zero-order valence-electron chi connectivity index (χ0n) is 57.2. The van der Waals surface area contributed by atoms with Gasteiger partial charge >= 0.3 is 0 Å². The smallest absolute Gasteiger partial charge is 0.0555 e. The third-order valence-electron chi connectivity index (χ3n) is 22.5. The molecule has 24 rings (SSSR count). The van der Waals surface area contributed by atoms with Crippen LogP contribution >= 0.6 is 22.7 Å². The van der Waals surface area contributed by atoms with Crippen LogP contribution in [0.5, 0.6) is 0 Å². The SMILES string of the molecule is c1ccc2cc(-n3c4ccc(-c5ccc6c(c5)c5ccccc5n6-c5cccc6ccccc56)cc4c4cc5c(cc43)sc3ccccc35)ccc2c1.c1ccc2cc(-n3c4ccc(-c5ccc6c(c5)c5ccccc5n6-c5cccc6ccccc56)cc4c4cc5sc6ccccc6c5cc43)ccc2c1. The van der Waals surface area contributed by atoms with Gasteiger partial charge in [0.2, 0.25) is 0 Å². The molecule has 0 atom stereocenters. The van der Waals surface area contributed by atoms with E-state index in [2.05, 4.69) is 382 Å². The molecular formula is C100H60N4S2. The highest BCUT2D eigenvalue weighted by Gasteiger charge is 2.23. The van der Waals surface area contributed by atoms with Crippen LogP contribution in [0, 0.1) is 0 Å². The van der Waals surface area contributed by atoms with E-state index in [1.165, 1.54) is 216 Å².